The Morgan fingerprint density at radius 2 is 2.41 bits per heavy atom. The van der Waals surface area contributed by atoms with Crippen LogP contribution in [0.3, 0.4) is 0 Å². The highest BCUT2D eigenvalue weighted by Gasteiger charge is 2.23. The third-order valence-corrected chi connectivity index (χ3v) is 2.97. The van der Waals surface area contributed by atoms with Crippen LogP contribution in [0.2, 0.25) is 0 Å². The van der Waals surface area contributed by atoms with E-state index in [0.29, 0.717) is 12.5 Å². The summed E-state index contributed by atoms with van der Waals surface area (Å²) in [4.78, 5) is 28.5. The number of carbonyl (C=O) groups excluding carboxylic acids is 1. The minimum Gasteiger partial charge on any atom is -0.393 e. The summed E-state index contributed by atoms with van der Waals surface area (Å²) in [6, 6.07) is 0. The molecule has 1 aliphatic rings. The van der Waals surface area contributed by atoms with Gasteiger partial charge in [-0.15, -0.1) is 0 Å². The molecule has 6 nitrogen and oxygen atoms in total. The molecule has 0 radical (unpaired) electrons. The molecule has 1 aliphatic carbocycles. The van der Waals surface area contributed by atoms with Crippen LogP contribution in [0.1, 0.15) is 29.8 Å². The Labute approximate surface area is 98.1 Å². The van der Waals surface area contributed by atoms with Gasteiger partial charge in [-0.25, -0.2) is 4.98 Å². The molecule has 1 saturated carbocycles. The van der Waals surface area contributed by atoms with Crippen LogP contribution in [-0.2, 0) is 0 Å². The number of carbonyl (C=O) groups is 1. The topological polar surface area (TPSA) is 95.1 Å². The number of H-pyrrole nitrogens is 1. The standard InChI is InChI=1S/C11H15N3O3/c15-8-2-1-7(3-8)4-14-11(17)9-5-13-10(16)6-12-9/h5-8,15H,1-4H2,(H,13,16)(H,14,17). The van der Waals surface area contributed by atoms with Crippen LogP contribution in [0.4, 0.5) is 0 Å². The Bertz CT molecular complexity index is 437. The first kappa shape index (κ1) is 11.8. The molecule has 0 saturated heterocycles. The summed E-state index contributed by atoms with van der Waals surface area (Å²) in [5.41, 5.74) is -0.136. The first-order valence-corrected chi connectivity index (χ1v) is 5.66. The van der Waals surface area contributed by atoms with Crippen LogP contribution in [0.25, 0.3) is 0 Å². The maximum atomic E-state index is 11.6. The van der Waals surface area contributed by atoms with E-state index >= 15 is 0 Å². The van der Waals surface area contributed by atoms with E-state index in [2.05, 4.69) is 15.3 Å². The highest BCUT2D eigenvalue weighted by atomic mass is 16.3. The zero-order valence-electron chi connectivity index (χ0n) is 9.35. The number of hydrogen-bond donors (Lipinski definition) is 3. The lowest BCUT2D eigenvalue weighted by Gasteiger charge is -2.10. The normalized spacial score (nSPS) is 23.6. The van der Waals surface area contributed by atoms with Crippen molar-refractivity contribution in [3.63, 3.8) is 0 Å². The Kier molecular flexibility index (Phi) is 3.53. The third kappa shape index (κ3) is 3.13. The molecular weight excluding hydrogens is 222 g/mol. The molecule has 1 aromatic rings. The zero-order valence-corrected chi connectivity index (χ0v) is 9.35. The molecule has 0 aromatic carbocycles. The second-order valence-corrected chi connectivity index (χ2v) is 4.34. The lowest BCUT2D eigenvalue weighted by molar-refractivity contribution is 0.0939. The maximum Gasteiger partial charge on any atom is 0.271 e. The number of amides is 1. The maximum absolute atomic E-state index is 11.6. The first-order chi connectivity index (χ1) is 8.15. The van der Waals surface area contributed by atoms with Crippen molar-refractivity contribution in [2.75, 3.05) is 6.54 Å². The number of nitrogens with one attached hydrogen (secondary N) is 2. The summed E-state index contributed by atoms with van der Waals surface area (Å²) >= 11 is 0. The number of hydrogen-bond acceptors (Lipinski definition) is 4. The average Bonchev–Trinajstić information content (AvgIpc) is 2.73. The van der Waals surface area contributed by atoms with Crippen LogP contribution in [0, 0.1) is 5.92 Å². The molecule has 2 atom stereocenters. The van der Waals surface area contributed by atoms with Gasteiger partial charge in [-0.3, -0.25) is 9.59 Å². The van der Waals surface area contributed by atoms with Crippen molar-refractivity contribution < 1.29 is 9.90 Å². The van der Waals surface area contributed by atoms with Gasteiger partial charge in [-0.2, -0.15) is 0 Å². The molecule has 1 aromatic heterocycles. The molecule has 1 fully saturated rings. The quantitative estimate of drug-likeness (QED) is 0.670. The van der Waals surface area contributed by atoms with Crippen molar-refractivity contribution >= 4 is 5.91 Å². The van der Waals surface area contributed by atoms with Crippen LogP contribution >= 0.6 is 0 Å². The highest BCUT2D eigenvalue weighted by Crippen LogP contribution is 2.24. The minimum atomic E-state index is -0.333. The van der Waals surface area contributed by atoms with Crippen LogP contribution < -0.4 is 10.9 Å². The molecule has 2 rings (SSSR count). The first-order valence-electron chi connectivity index (χ1n) is 5.66. The molecule has 17 heavy (non-hydrogen) atoms. The third-order valence-electron chi connectivity index (χ3n) is 2.97. The number of aromatic amines is 1. The van der Waals surface area contributed by atoms with Gasteiger partial charge in [0.15, 0.2) is 0 Å². The zero-order chi connectivity index (χ0) is 12.3. The summed E-state index contributed by atoms with van der Waals surface area (Å²) in [6.07, 6.45) is 4.61. The lowest BCUT2D eigenvalue weighted by Crippen LogP contribution is -2.30. The van der Waals surface area contributed by atoms with E-state index in [1.54, 1.807) is 0 Å². The highest BCUT2D eigenvalue weighted by molar-refractivity contribution is 5.91. The molecule has 1 amide bonds. The Morgan fingerprint density at radius 1 is 1.59 bits per heavy atom. The smallest absolute Gasteiger partial charge is 0.271 e. The number of rotatable bonds is 3. The lowest BCUT2D eigenvalue weighted by atomic mass is 10.1. The molecule has 2 unspecified atom stereocenters. The van der Waals surface area contributed by atoms with Gasteiger partial charge in [-0.1, -0.05) is 0 Å². The fourth-order valence-corrected chi connectivity index (χ4v) is 2.03. The molecule has 0 spiro atoms. The Hall–Kier alpha value is -1.69. The van der Waals surface area contributed by atoms with Crippen molar-refractivity contribution in [3.8, 4) is 0 Å². The summed E-state index contributed by atoms with van der Waals surface area (Å²) in [5, 5.41) is 12.1. The van der Waals surface area contributed by atoms with Gasteiger partial charge in [0.2, 0.25) is 0 Å². The van der Waals surface area contributed by atoms with Crippen molar-refractivity contribution in [2.24, 2.45) is 5.92 Å². The van der Waals surface area contributed by atoms with Gasteiger partial charge in [0, 0.05) is 12.7 Å². The SMILES string of the molecule is O=C(NCC1CCC(O)C1)c1c[nH]c(=O)cn1. The average molecular weight is 237 g/mol. The number of aromatic nitrogens is 2. The number of aliphatic hydroxyl groups excluding tert-OH is 1. The van der Waals surface area contributed by atoms with E-state index in [1.807, 2.05) is 0 Å². The predicted molar refractivity (Wildman–Crippen MR) is 60.5 cm³/mol. The molecule has 0 aliphatic heterocycles. The van der Waals surface area contributed by atoms with E-state index in [9.17, 15) is 14.7 Å². The van der Waals surface area contributed by atoms with E-state index in [4.69, 9.17) is 0 Å². The van der Waals surface area contributed by atoms with Crippen LogP contribution in [0.15, 0.2) is 17.2 Å². The minimum absolute atomic E-state index is 0.197. The van der Waals surface area contributed by atoms with Gasteiger partial charge in [0.1, 0.15) is 5.69 Å². The molecule has 3 N–H and O–H groups in total. The van der Waals surface area contributed by atoms with Gasteiger partial charge in [0.25, 0.3) is 11.5 Å². The van der Waals surface area contributed by atoms with Gasteiger partial charge < -0.3 is 15.4 Å². The fraction of sp³-hybridized carbons (Fsp3) is 0.545. The molecule has 92 valence electrons. The molecule has 1 heterocycles. The summed E-state index contributed by atoms with van der Waals surface area (Å²) in [6.45, 7) is 0.538. The van der Waals surface area contributed by atoms with E-state index in [0.717, 1.165) is 25.5 Å². The van der Waals surface area contributed by atoms with Gasteiger partial charge in [0.05, 0.1) is 12.3 Å². The van der Waals surface area contributed by atoms with Crippen molar-refractivity contribution in [3.05, 3.63) is 28.4 Å². The van der Waals surface area contributed by atoms with Crippen LogP contribution in [-0.4, -0.2) is 33.6 Å². The summed E-state index contributed by atoms with van der Waals surface area (Å²) in [5.74, 6) is 0.0272. The second-order valence-electron chi connectivity index (χ2n) is 4.34. The van der Waals surface area contributed by atoms with Crippen LogP contribution in [0.5, 0.6) is 0 Å². The van der Waals surface area contributed by atoms with E-state index in [1.165, 1.54) is 6.20 Å². The Morgan fingerprint density at radius 3 is 3.00 bits per heavy atom. The largest absolute Gasteiger partial charge is 0.393 e. The fourth-order valence-electron chi connectivity index (χ4n) is 2.03. The van der Waals surface area contributed by atoms with Gasteiger partial charge in [-0.05, 0) is 25.2 Å². The predicted octanol–water partition coefficient (Wildman–Crippen LogP) is -0.339. The number of nitrogens with zero attached hydrogens (tertiary/aromatic N) is 1. The Balaban J connectivity index is 1.85. The molecule has 0 bridgehead atoms. The van der Waals surface area contributed by atoms with Crippen molar-refractivity contribution in [2.45, 2.75) is 25.4 Å². The summed E-state index contributed by atoms with van der Waals surface area (Å²) < 4.78 is 0. The molecule has 6 heteroatoms. The van der Waals surface area contributed by atoms with Gasteiger partial charge >= 0.3 is 0 Å². The van der Waals surface area contributed by atoms with E-state index < -0.39 is 0 Å². The number of aliphatic hydroxyl groups is 1. The second kappa shape index (κ2) is 5.09. The summed E-state index contributed by atoms with van der Waals surface area (Å²) in [7, 11) is 0. The monoisotopic (exact) mass is 237 g/mol. The van der Waals surface area contributed by atoms with E-state index in [-0.39, 0.29) is 23.3 Å². The van der Waals surface area contributed by atoms with Crippen molar-refractivity contribution in [1.29, 1.82) is 0 Å². The molecular formula is C11H15N3O3. The van der Waals surface area contributed by atoms with Crippen molar-refractivity contribution in [1.82, 2.24) is 15.3 Å².